The molecule has 1 amide bonds. The van der Waals surface area contributed by atoms with Crippen LogP contribution in [0.4, 0.5) is 18.0 Å². The van der Waals surface area contributed by atoms with Gasteiger partial charge in [0, 0.05) is 12.6 Å². The van der Waals surface area contributed by atoms with Crippen LogP contribution >= 0.6 is 0 Å². The van der Waals surface area contributed by atoms with Gasteiger partial charge in [0.05, 0.1) is 29.4 Å². The highest BCUT2D eigenvalue weighted by Crippen LogP contribution is 2.29. The lowest BCUT2D eigenvalue weighted by atomic mass is 9.76. The molecule has 0 saturated heterocycles. The zero-order valence-electron chi connectivity index (χ0n) is 19.5. The summed E-state index contributed by atoms with van der Waals surface area (Å²) >= 11 is 0. The van der Waals surface area contributed by atoms with Gasteiger partial charge in [-0.2, -0.15) is 18.4 Å². The second-order valence-electron chi connectivity index (χ2n) is 8.08. The maximum Gasteiger partial charge on any atom is 0.475 e. The van der Waals surface area contributed by atoms with Crippen molar-refractivity contribution in [3.05, 3.63) is 101 Å². The lowest BCUT2D eigenvalue weighted by molar-refractivity contribution is -0.137. The number of hydrogen-bond acceptors (Lipinski definition) is 6. The predicted molar refractivity (Wildman–Crippen MR) is 131 cm³/mol. The summed E-state index contributed by atoms with van der Waals surface area (Å²) in [6.07, 6.45) is -2.60. The molecule has 0 aliphatic rings. The van der Waals surface area contributed by atoms with Crippen LogP contribution in [0, 0.1) is 11.3 Å². The number of halogens is 3. The molecule has 1 atom stereocenters. The molecule has 0 aliphatic heterocycles. The van der Waals surface area contributed by atoms with Crippen LogP contribution in [0.1, 0.15) is 27.9 Å². The van der Waals surface area contributed by atoms with Crippen molar-refractivity contribution < 1.29 is 32.8 Å². The van der Waals surface area contributed by atoms with E-state index in [1.54, 1.807) is 48.5 Å². The summed E-state index contributed by atoms with van der Waals surface area (Å²) in [4.78, 5) is 15.9. The molecule has 3 aromatic rings. The Bertz CT molecular complexity index is 1260. The van der Waals surface area contributed by atoms with Gasteiger partial charge in [-0.15, -0.1) is 0 Å². The fraction of sp³-hybridized carbons (Fsp3) is 0.192. The molecule has 0 saturated carbocycles. The Labute approximate surface area is 212 Å². The molecule has 0 bridgehead atoms. The average molecular weight is 509 g/mol. The Morgan fingerprint density at radius 1 is 1.11 bits per heavy atom. The van der Waals surface area contributed by atoms with Crippen molar-refractivity contribution in [3.8, 4) is 6.07 Å². The number of nitriles is 1. The number of allylic oxidation sites excluding steroid dienone is 1. The highest BCUT2D eigenvalue weighted by Gasteiger charge is 2.30. The number of nitrogens with one attached hydrogen (secondary N) is 1. The molecule has 3 N–H and O–H groups in total. The second-order valence-corrected chi connectivity index (χ2v) is 8.08. The summed E-state index contributed by atoms with van der Waals surface area (Å²) in [5.74, 6) is -0.952. The first-order valence-electron chi connectivity index (χ1n) is 11.2. The van der Waals surface area contributed by atoms with Crippen LogP contribution in [0.25, 0.3) is 11.6 Å². The van der Waals surface area contributed by atoms with E-state index in [2.05, 4.69) is 10.3 Å². The molecule has 190 valence electrons. The van der Waals surface area contributed by atoms with Gasteiger partial charge in [0.25, 0.3) is 0 Å². The second kappa shape index (κ2) is 12.7. The molecule has 11 heteroatoms. The minimum absolute atomic E-state index is 0.00412. The number of carbonyl (C=O) groups is 1. The molecule has 7 nitrogen and oxygen atoms in total. The number of alkyl carbamates (subject to hydrolysis) is 1. The standard InChI is InChI=1S/C26H23BF3N3O4/c28-26(29,30)22-9-10-23(32-17-22)21(16-31)14-20-8-4-7-19(13-20)11-12-37-25(34)33-24(27(35)36)15-18-5-2-1-3-6-18/h1-10,13-14,17,24,35-36H,11-12,15H2,(H,33,34)/t24-/m0/s1. The van der Waals surface area contributed by atoms with Gasteiger partial charge < -0.3 is 20.1 Å². The zero-order chi connectivity index (χ0) is 26.8. The highest BCUT2D eigenvalue weighted by atomic mass is 19.4. The van der Waals surface area contributed by atoms with Crippen LogP contribution in [-0.2, 0) is 23.8 Å². The Morgan fingerprint density at radius 3 is 2.46 bits per heavy atom. The Hall–Kier alpha value is -4.14. The van der Waals surface area contributed by atoms with Gasteiger partial charge in [0.1, 0.15) is 6.07 Å². The third-order valence-electron chi connectivity index (χ3n) is 5.33. The van der Waals surface area contributed by atoms with Crippen molar-refractivity contribution in [1.82, 2.24) is 10.3 Å². The number of nitrogens with zero attached hydrogens (tertiary/aromatic N) is 2. The summed E-state index contributed by atoms with van der Waals surface area (Å²) in [6.45, 7) is 0.00412. The summed E-state index contributed by atoms with van der Waals surface area (Å²) in [5.41, 5.74) is 1.51. The van der Waals surface area contributed by atoms with E-state index in [1.807, 2.05) is 12.1 Å². The summed E-state index contributed by atoms with van der Waals surface area (Å²) < 4.78 is 43.4. The first kappa shape index (κ1) is 27.5. The van der Waals surface area contributed by atoms with E-state index in [-0.39, 0.29) is 24.3 Å². The van der Waals surface area contributed by atoms with E-state index in [9.17, 15) is 33.3 Å². The number of benzene rings is 2. The molecule has 2 aromatic carbocycles. The molecule has 0 fully saturated rings. The Balaban J connectivity index is 1.58. The third-order valence-corrected chi connectivity index (χ3v) is 5.33. The average Bonchev–Trinajstić information content (AvgIpc) is 2.87. The maximum atomic E-state index is 12.8. The van der Waals surface area contributed by atoms with Crippen LogP contribution < -0.4 is 5.32 Å². The van der Waals surface area contributed by atoms with Crippen LogP contribution in [-0.4, -0.2) is 40.8 Å². The molecule has 0 spiro atoms. The first-order valence-corrected chi connectivity index (χ1v) is 11.2. The molecule has 0 aliphatic carbocycles. The Kier molecular flexibility index (Phi) is 9.43. The normalized spacial score (nSPS) is 12.4. The SMILES string of the molecule is N#CC(=Cc1cccc(CCOC(=O)N[C@@H](Cc2ccccc2)B(O)O)c1)c1ccc(C(F)(F)F)cn1. The van der Waals surface area contributed by atoms with Gasteiger partial charge in [-0.3, -0.25) is 4.98 Å². The highest BCUT2D eigenvalue weighted by molar-refractivity contribution is 6.43. The topological polar surface area (TPSA) is 115 Å². The van der Waals surface area contributed by atoms with Crippen LogP contribution in [0.5, 0.6) is 0 Å². The molecule has 1 heterocycles. The molecular formula is C26H23BF3N3O4. The van der Waals surface area contributed by atoms with Crippen molar-refractivity contribution in [2.24, 2.45) is 0 Å². The van der Waals surface area contributed by atoms with E-state index in [0.717, 1.165) is 23.3 Å². The first-order chi connectivity index (χ1) is 17.7. The van der Waals surface area contributed by atoms with Gasteiger partial charge in [-0.1, -0.05) is 54.6 Å². The van der Waals surface area contributed by atoms with E-state index in [0.29, 0.717) is 18.2 Å². The lowest BCUT2D eigenvalue weighted by Gasteiger charge is -2.17. The largest absolute Gasteiger partial charge is 0.475 e. The van der Waals surface area contributed by atoms with Crippen LogP contribution in [0.15, 0.2) is 72.9 Å². The fourth-order valence-electron chi connectivity index (χ4n) is 3.44. The molecular weight excluding hydrogens is 486 g/mol. The molecule has 0 radical (unpaired) electrons. The smallest absolute Gasteiger partial charge is 0.449 e. The summed E-state index contributed by atoms with van der Waals surface area (Å²) in [6, 6.07) is 20.0. The minimum atomic E-state index is -4.52. The molecule has 37 heavy (non-hydrogen) atoms. The number of rotatable bonds is 9. The molecule has 0 unspecified atom stereocenters. The number of amides is 1. The predicted octanol–water partition coefficient (Wildman–Crippen LogP) is 4.06. The van der Waals surface area contributed by atoms with Crippen molar-refractivity contribution in [2.75, 3.05) is 6.61 Å². The number of ether oxygens (including phenoxy) is 1. The van der Waals surface area contributed by atoms with Gasteiger partial charge in [0.2, 0.25) is 0 Å². The summed E-state index contributed by atoms with van der Waals surface area (Å²) in [7, 11) is -1.77. The zero-order valence-corrected chi connectivity index (χ0v) is 19.5. The van der Waals surface area contributed by atoms with E-state index < -0.39 is 30.9 Å². The van der Waals surface area contributed by atoms with E-state index in [1.165, 1.54) is 6.08 Å². The van der Waals surface area contributed by atoms with Gasteiger partial charge in [-0.05, 0) is 41.3 Å². The van der Waals surface area contributed by atoms with Crippen LogP contribution in [0.3, 0.4) is 0 Å². The monoisotopic (exact) mass is 509 g/mol. The van der Waals surface area contributed by atoms with Crippen molar-refractivity contribution in [1.29, 1.82) is 5.26 Å². The number of carbonyl (C=O) groups excluding carboxylic acids is 1. The number of pyridine rings is 1. The van der Waals surface area contributed by atoms with Gasteiger partial charge in [-0.25, -0.2) is 4.79 Å². The molecule has 3 rings (SSSR count). The maximum absolute atomic E-state index is 12.8. The fourth-order valence-corrected chi connectivity index (χ4v) is 3.44. The molecule has 1 aromatic heterocycles. The van der Waals surface area contributed by atoms with Crippen molar-refractivity contribution in [2.45, 2.75) is 25.0 Å². The minimum Gasteiger partial charge on any atom is -0.449 e. The summed E-state index contributed by atoms with van der Waals surface area (Å²) in [5, 5.41) is 31.1. The van der Waals surface area contributed by atoms with Gasteiger partial charge >= 0.3 is 19.4 Å². The quantitative estimate of drug-likeness (QED) is 0.296. The Morgan fingerprint density at radius 2 is 1.84 bits per heavy atom. The van der Waals surface area contributed by atoms with Gasteiger partial charge in [0.15, 0.2) is 0 Å². The number of alkyl halides is 3. The number of hydrogen-bond donors (Lipinski definition) is 3. The van der Waals surface area contributed by atoms with E-state index in [4.69, 9.17) is 4.74 Å². The van der Waals surface area contributed by atoms with Crippen LogP contribution in [0.2, 0.25) is 0 Å². The van der Waals surface area contributed by atoms with E-state index >= 15 is 0 Å². The van der Waals surface area contributed by atoms with Crippen molar-refractivity contribution in [3.63, 3.8) is 0 Å². The third kappa shape index (κ3) is 8.49. The van der Waals surface area contributed by atoms with Crippen molar-refractivity contribution >= 4 is 24.9 Å². The number of aromatic nitrogens is 1. The lowest BCUT2D eigenvalue weighted by Crippen LogP contribution is -2.48.